The fourth-order valence-electron chi connectivity index (χ4n) is 4.88. The van der Waals surface area contributed by atoms with Crippen molar-refractivity contribution in [3.05, 3.63) is 53.7 Å². The van der Waals surface area contributed by atoms with Crippen LogP contribution in [-0.4, -0.2) is 57.1 Å². The van der Waals surface area contributed by atoms with Gasteiger partial charge in [0, 0.05) is 54.9 Å². The first kappa shape index (κ1) is 21.2. The Balaban J connectivity index is 1.35. The van der Waals surface area contributed by atoms with Crippen molar-refractivity contribution in [3.63, 3.8) is 0 Å². The molecule has 2 N–H and O–H groups in total. The first-order chi connectivity index (χ1) is 15.7. The standard InChI is InChI=1S/C24H30ClN7/c25-20-5-3-4-19(14-20)21-16-32(13-12-30-8-1-2-9-30)24(29-21)18-6-10-31(11-7-18)23-15-22(26)27-17-28-23/h3-5,14-18H,1-2,6-13H2,(H2,26,27,28). The van der Waals surface area contributed by atoms with Crippen LogP contribution < -0.4 is 10.6 Å². The third-order valence-electron chi connectivity index (χ3n) is 6.64. The van der Waals surface area contributed by atoms with Gasteiger partial charge in [0.05, 0.1) is 5.69 Å². The van der Waals surface area contributed by atoms with E-state index in [4.69, 9.17) is 22.3 Å². The fourth-order valence-corrected chi connectivity index (χ4v) is 5.07. The lowest BCUT2D eigenvalue weighted by Crippen LogP contribution is -2.34. The van der Waals surface area contributed by atoms with Gasteiger partial charge >= 0.3 is 0 Å². The molecule has 0 bridgehead atoms. The van der Waals surface area contributed by atoms with E-state index in [1.807, 2.05) is 24.3 Å². The Labute approximate surface area is 194 Å². The van der Waals surface area contributed by atoms with Gasteiger partial charge in [-0.1, -0.05) is 23.7 Å². The number of anilines is 2. The molecule has 0 aliphatic carbocycles. The van der Waals surface area contributed by atoms with Crippen LogP contribution in [0.2, 0.25) is 5.02 Å². The summed E-state index contributed by atoms with van der Waals surface area (Å²) in [5.41, 5.74) is 7.94. The number of imidazole rings is 1. The van der Waals surface area contributed by atoms with E-state index < -0.39 is 0 Å². The molecule has 2 aliphatic rings. The molecule has 2 aromatic heterocycles. The van der Waals surface area contributed by atoms with Gasteiger partial charge in [-0.15, -0.1) is 0 Å². The molecule has 5 rings (SSSR count). The van der Waals surface area contributed by atoms with Gasteiger partial charge in [-0.25, -0.2) is 15.0 Å². The quantitative estimate of drug-likeness (QED) is 0.609. The van der Waals surface area contributed by atoms with Crippen molar-refractivity contribution in [1.29, 1.82) is 0 Å². The normalized spacial score (nSPS) is 17.8. The summed E-state index contributed by atoms with van der Waals surface area (Å²) in [5, 5.41) is 0.744. The molecule has 2 aliphatic heterocycles. The molecule has 4 heterocycles. The van der Waals surface area contributed by atoms with Crippen LogP contribution in [0.1, 0.15) is 37.4 Å². The van der Waals surface area contributed by atoms with E-state index in [1.165, 1.54) is 31.8 Å². The summed E-state index contributed by atoms with van der Waals surface area (Å²) >= 11 is 6.26. The van der Waals surface area contributed by atoms with E-state index in [9.17, 15) is 0 Å². The Bertz CT molecular complexity index is 1050. The first-order valence-electron chi connectivity index (χ1n) is 11.5. The van der Waals surface area contributed by atoms with Gasteiger partial charge in [-0.05, 0) is 50.9 Å². The number of hydrogen-bond donors (Lipinski definition) is 1. The molecule has 2 fully saturated rings. The summed E-state index contributed by atoms with van der Waals surface area (Å²) in [6.07, 6.45) is 8.47. The van der Waals surface area contributed by atoms with E-state index >= 15 is 0 Å². The Kier molecular flexibility index (Phi) is 6.28. The van der Waals surface area contributed by atoms with Crippen LogP contribution in [0.4, 0.5) is 11.6 Å². The van der Waals surface area contributed by atoms with Crippen molar-refractivity contribution in [2.45, 2.75) is 38.1 Å². The Hall–Kier alpha value is -2.64. The van der Waals surface area contributed by atoms with Gasteiger partial charge in [0.2, 0.25) is 0 Å². The molecule has 0 spiro atoms. The highest BCUT2D eigenvalue weighted by Gasteiger charge is 2.26. The second-order valence-corrected chi connectivity index (χ2v) is 9.24. The monoisotopic (exact) mass is 451 g/mol. The Morgan fingerprint density at radius 3 is 2.56 bits per heavy atom. The molecule has 0 unspecified atom stereocenters. The molecule has 0 radical (unpaired) electrons. The molecule has 8 heteroatoms. The number of piperidine rings is 1. The van der Waals surface area contributed by atoms with Crippen LogP contribution in [0.15, 0.2) is 42.9 Å². The van der Waals surface area contributed by atoms with Gasteiger partial charge in [0.15, 0.2) is 0 Å². The fraction of sp³-hybridized carbons (Fsp3) is 0.458. The number of nitrogen functional groups attached to an aromatic ring is 1. The molecule has 0 amide bonds. The van der Waals surface area contributed by atoms with Gasteiger partial charge in [0.25, 0.3) is 0 Å². The van der Waals surface area contributed by atoms with Crippen molar-refractivity contribution in [2.75, 3.05) is 43.4 Å². The maximum absolute atomic E-state index is 6.26. The van der Waals surface area contributed by atoms with Crippen LogP contribution in [-0.2, 0) is 6.54 Å². The van der Waals surface area contributed by atoms with E-state index in [2.05, 4.69) is 36.6 Å². The summed E-state index contributed by atoms with van der Waals surface area (Å²) in [4.78, 5) is 18.4. The smallest absolute Gasteiger partial charge is 0.134 e. The van der Waals surface area contributed by atoms with Gasteiger partial charge in [0.1, 0.15) is 23.8 Å². The lowest BCUT2D eigenvalue weighted by Gasteiger charge is -2.32. The number of halogens is 1. The zero-order valence-corrected chi connectivity index (χ0v) is 19.1. The number of rotatable bonds is 6. The molecular formula is C24H30ClN7. The number of nitrogens with two attached hydrogens (primary N) is 1. The van der Waals surface area contributed by atoms with Gasteiger partial charge in [-0.2, -0.15) is 0 Å². The molecule has 168 valence electrons. The highest BCUT2D eigenvalue weighted by atomic mass is 35.5. The average Bonchev–Trinajstić information content (AvgIpc) is 3.48. The van der Waals surface area contributed by atoms with Crippen molar-refractivity contribution >= 4 is 23.2 Å². The molecule has 1 aromatic carbocycles. The van der Waals surface area contributed by atoms with Gasteiger partial charge < -0.3 is 20.1 Å². The third-order valence-corrected chi connectivity index (χ3v) is 6.88. The van der Waals surface area contributed by atoms with Crippen molar-refractivity contribution in [2.24, 2.45) is 0 Å². The predicted molar refractivity (Wildman–Crippen MR) is 129 cm³/mol. The Morgan fingerprint density at radius 2 is 1.81 bits per heavy atom. The summed E-state index contributed by atoms with van der Waals surface area (Å²) < 4.78 is 2.39. The number of benzene rings is 1. The van der Waals surface area contributed by atoms with Gasteiger partial charge in [-0.3, -0.25) is 0 Å². The maximum Gasteiger partial charge on any atom is 0.134 e. The topological polar surface area (TPSA) is 76.1 Å². The predicted octanol–water partition coefficient (Wildman–Crippen LogP) is 4.06. The summed E-state index contributed by atoms with van der Waals surface area (Å²) in [6, 6.07) is 9.85. The molecule has 0 atom stereocenters. The van der Waals surface area contributed by atoms with Crippen molar-refractivity contribution in [3.8, 4) is 11.3 Å². The number of nitrogens with zero attached hydrogens (tertiary/aromatic N) is 6. The van der Waals surface area contributed by atoms with Crippen LogP contribution in [0.3, 0.4) is 0 Å². The second kappa shape index (κ2) is 9.46. The molecule has 2 saturated heterocycles. The highest BCUT2D eigenvalue weighted by molar-refractivity contribution is 6.30. The van der Waals surface area contributed by atoms with Crippen molar-refractivity contribution in [1.82, 2.24) is 24.4 Å². The minimum atomic E-state index is 0.428. The van der Waals surface area contributed by atoms with Crippen molar-refractivity contribution < 1.29 is 0 Å². The van der Waals surface area contributed by atoms with Crippen LogP contribution in [0, 0.1) is 0 Å². The first-order valence-corrected chi connectivity index (χ1v) is 11.9. The van der Waals surface area contributed by atoms with Crippen LogP contribution >= 0.6 is 11.6 Å². The average molecular weight is 452 g/mol. The number of likely N-dealkylation sites (tertiary alicyclic amines) is 1. The largest absolute Gasteiger partial charge is 0.384 e. The molecular weight excluding hydrogens is 422 g/mol. The lowest BCUT2D eigenvalue weighted by atomic mass is 9.96. The lowest BCUT2D eigenvalue weighted by molar-refractivity contribution is 0.317. The zero-order valence-electron chi connectivity index (χ0n) is 18.3. The molecule has 3 aromatic rings. The van der Waals surface area contributed by atoms with E-state index in [0.29, 0.717) is 11.7 Å². The SMILES string of the molecule is Nc1cc(N2CCC(c3nc(-c4cccc(Cl)c4)cn3CCN3CCCC3)CC2)ncn1. The third kappa shape index (κ3) is 4.74. The second-order valence-electron chi connectivity index (χ2n) is 8.80. The minimum Gasteiger partial charge on any atom is -0.384 e. The number of hydrogen-bond acceptors (Lipinski definition) is 6. The number of aromatic nitrogens is 4. The van der Waals surface area contributed by atoms with E-state index in [0.717, 1.165) is 61.1 Å². The summed E-state index contributed by atoms with van der Waals surface area (Å²) in [7, 11) is 0. The van der Waals surface area contributed by atoms with Crippen LogP contribution in [0.5, 0.6) is 0 Å². The minimum absolute atomic E-state index is 0.428. The van der Waals surface area contributed by atoms with Crippen LogP contribution in [0.25, 0.3) is 11.3 Å². The zero-order chi connectivity index (χ0) is 21.9. The molecule has 7 nitrogen and oxygen atoms in total. The molecule has 0 saturated carbocycles. The summed E-state index contributed by atoms with van der Waals surface area (Å²) in [6.45, 7) is 6.36. The maximum atomic E-state index is 6.26. The summed E-state index contributed by atoms with van der Waals surface area (Å²) in [5.74, 6) is 3.05. The molecule has 32 heavy (non-hydrogen) atoms. The highest BCUT2D eigenvalue weighted by Crippen LogP contribution is 2.32. The Morgan fingerprint density at radius 1 is 1.00 bits per heavy atom. The van der Waals surface area contributed by atoms with E-state index in [1.54, 1.807) is 6.33 Å². The van der Waals surface area contributed by atoms with E-state index in [-0.39, 0.29) is 0 Å².